The number of hydrogen-bond donors (Lipinski definition) is 4. The lowest BCUT2D eigenvalue weighted by molar-refractivity contribution is -0.146. The highest BCUT2D eigenvalue weighted by molar-refractivity contribution is 6.38. The number of nitrogens with one attached hydrogen (secondary N) is 4. The molecular weight excluding hydrogens is 692 g/mol. The number of hydrogen-bond acceptors (Lipinski definition) is 8. The minimum Gasteiger partial charge on any atom is -0.376 e. The van der Waals surface area contributed by atoms with Gasteiger partial charge >= 0.3 is 6.03 Å². The van der Waals surface area contributed by atoms with E-state index in [-0.39, 0.29) is 48.2 Å². The fraction of sp³-hybridized carbons (Fsp3) is 0.775. The maximum Gasteiger partial charge on any atom is 0.315 e. The van der Waals surface area contributed by atoms with Crippen molar-refractivity contribution in [3.8, 4) is 0 Å². The van der Waals surface area contributed by atoms with Crippen LogP contribution in [0.1, 0.15) is 113 Å². The van der Waals surface area contributed by atoms with E-state index >= 15 is 0 Å². The van der Waals surface area contributed by atoms with Gasteiger partial charge < -0.3 is 30.9 Å². The lowest BCUT2D eigenvalue weighted by Crippen LogP contribution is -2.63. The molecule has 1 unspecified atom stereocenters. The predicted molar refractivity (Wildman–Crippen MR) is 200 cm³/mol. The van der Waals surface area contributed by atoms with Crippen LogP contribution < -0.4 is 21.3 Å². The third-order valence-corrected chi connectivity index (χ3v) is 12.4. The SMILES string of the molecule is C=C1CCC(C)C(=O)N(C[C@@H](NC(=O)N[C@@H]2C(=O)N3C[C@H]4[C@@H]([C@H]3C(=O)N[C@H](C(=O)C(=O)NC3CC3)CCCCCCCO[C@H]2C)C4(C)C)C(C)(C)C)C1=O. The minimum atomic E-state index is -1.18. The molecule has 2 aliphatic carbocycles. The number of Topliss-reactive ketones (excluding diaryl/α,β-unsaturated/α-hetero) is 1. The van der Waals surface area contributed by atoms with E-state index in [2.05, 4.69) is 41.7 Å². The number of carbonyl (C=O) groups excluding carboxylic acids is 7. The van der Waals surface area contributed by atoms with E-state index in [4.69, 9.17) is 4.74 Å². The summed E-state index contributed by atoms with van der Waals surface area (Å²) in [4.78, 5) is 98.1. The number of ketones is 1. The third-order valence-electron chi connectivity index (χ3n) is 12.4. The van der Waals surface area contributed by atoms with Gasteiger partial charge in [0.2, 0.25) is 23.5 Å². The molecule has 0 bridgehead atoms. The summed E-state index contributed by atoms with van der Waals surface area (Å²) in [6.45, 7) is 17.7. The minimum absolute atomic E-state index is 0.00756. The van der Waals surface area contributed by atoms with Gasteiger partial charge in [-0.1, -0.05) is 73.8 Å². The molecule has 0 aromatic heterocycles. The van der Waals surface area contributed by atoms with Crippen molar-refractivity contribution in [2.75, 3.05) is 19.7 Å². The second-order valence-electron chi connectivity index (χ2n) is 18.0. The number of imide groups is 1. The topological polar surface area (TPSA) is 183 Å². The first-order valence-electron chi connectivity index (χ1n) is 20.0. The summed E-state index contributed by atoms with van der Waals surface area (Å²) < 4.78 is 6.17. The van der Waals surface area contributed by atoms with Crippen molar-refractivity contribution in [2.45, 2.75) is 149 Å². The van der Waals surface area contributed by atoms with Crippen molar-refractivity contribution in [2.24, 2.45) is 28.6 Å². The Hall–Kier alpha value is -3.81. The molecule has 3 saturated heterocycles. The van der Waals surface area contributed by atoms with Crippen LogP contribution in [0.25, 0.3) is 0 Å². The molecule has 0 aromatic carbocycles. The van der Waals surface area contributed by atoms with Crippen LogP contribution in [0, 0.1) is 28.6 Å². The summed E-state index contributed by atoms with van der Waals surface area (Å²) in [5, 5.41) is 11.4. The van der Waals surface area contributed by atoms with Gasteiger partial charge in [-0.3, -0.25) is 33.7 Å². The van der Waals surface area contributed by atoms with Crippen molar-refractivity contribution in [1.82, 2.24) is 31.1 Å². The highest BCUT2D eigenvalue weighted by atomic mass is 16.5. The van der Waals surface area contributed by atoms with Gasteiger partial charge in [0.15, 0.2) is 0 Å². The van der Waals surface area contributed by atoms with E-state index in [1.54, 1.807) is 13.8 Å². The van der Waals surface area contributed by atoms with Crippen LogP contribution in [0.2, 0.25) is 0 Å². The van der Waals surface area contributed by atoms with E-state index in [1.165, 1.54) is 9.80 Å². The van der Waals surface area contributed by atoms with Crippen molar-refractivity contribution >= 4 is 41.4 Å². The Morgan fingerprint density at radius 2 is 1.61 bits per heavy atom. The maximum atomic E-state index is 14.6. The Labute approximate surface area is 319 Å². The number of piperidine rings is 1. The number of ether oxygens (including phenoxy) is 1. The molecular formula is C40H62N6O8. The Balaban J connectivity index is 1.38. The van der Waals surface area contributed by atoms with Gasteiger partial charge in [0.1, 0.15) is 12.1 Å². The van der Waals surface area contributed by atoms with Gasteiger partial charge in [-0.05, 0) is 68.1 Å². The largest absolute Gasteiger partial charge is 0.376 e. The number of urea groups is 1. The summed E-state index contributed by atoms with van der Waals surface area (Å²) >= 11 is 0. The molecule has 5 aliphatic rings. The maximum absolute atomic E-state index is 14.6. The molecule has 4 N–H and O–H groups in total. The van der Waals surface area contributed by atoms with Crippen molar-refractivity contribution in [3.63, 3.8) is 0 Å². The van der Waals surface area contributed by atoms with E-state index in [0.717, 1.165) is 38.5 Å². The normalized spacial score (nSPS) is 31.8. The quantitative estimate of drug-likeness (QED) is 0.174. The fourth-order valence-corrected chi connectivity index (χ4v) is 8.30. The Morgan fingerprint density at radius 3 is 2.28 bits per heavy atom. The third kappa shape index (κ3) is 9.34. The predicted octanol–water partition coefficient (Wildman–Crippen LogP) is 2.99. The molecule has 5 fully saturated rings. The average Bonchev–Trinajstić information content (AvgIpc) is 3.97. The van der Waals surface area contributed by atoms with Crippen LogP contribution in [0.15, 0.2) is 12.2 Å². The molecule has 0 spiro atoms. The second kappa shape index (κ2) is 16.5. The second-order valence-corrected chi connectivity index (χ2v) is 18.0. The number of likely N-dealkylation sites (tertiary alicyclic amines) is 1. The average molecular weight is 755 g/mol. The van der Waals surface area contributed by atoms with Crippen LogP contribution in [0.3, 0.4) is 0 Å². The van der Waals surface area contributed by atoms with Crippen LogP contribution in [-0.2, 0) is 33.5 Å². The zero-order valence-corrected chi connectivity index (χ0v) is 33.3. The van der Waals surface area contributed by atoms with E-state index in [0.29, 0.717) is 37.9 Å². The molecule has 5 rings (SSSR count). The molecule has 14 heteroatoms. The summed E-state index contributed by atoms with van der Waals surface area (Å²) in [5.41, 5.74) is -0.485. The first kappa shape index (κ1) is 41.4. The first-order chi connectivity index (χ1) is 25.3. The summed E-state index contributed by atoms with van der Waals surface area (Å²) in [6, 6.07) is -4.49. The highest BCUT2D eigenvalue weighted by Crippen LogP contribution is 2.65. The summed E-state index contributed by atoms with van der Waals surface area (Å²) in [5.74, 6) is -3.65. The van der Waals surface area contributed by atoms with Gasteiger partial charge in [0.25, 0.3) is 11.8 Å². The van der Waals surface area contributed by atoms with Crippen LogP contribution in [0.5, 0.6) is 0 Å². The molecule has 3 aliphatic heterocycles. The van der Waals surface area contributed by atoms with Crippen molar-refractivity contribution < 1.29 is 38.3 Å². The standard InChI is InChI=1S/C40H62N6O8/c1-22-15-16-23(2)36(51)46(35(22)50)21-28(39(4,5)6)43-38(53)44-30-24(3)54-19-13-11-9-10-12-14-27(32(47)34(49)41-25-17-18-25)42-33(48)31-29-26(40(29,7)8)20-45(31)37(30)52/h23-31H,1,9-21H2,2-8H3,(H,41,49)(H,42,48)(H2,43,44,53)/t23?,24-,26-,27-,28+,29-,30-,31-/m0/s1. The summed E-state index contributed by atoms with van der Waals surface area (Å²) in [6.07, 6.45) is 6.01. The van der Waals surface area contributed by atoms with Crippen molar-refractivity contribution in [1.29, 1.82) is 0 Å². The molecule has 14 nitrogen and oxygen atoms in total. The van der Waals surface area contributed by atoms with Crippen LogP contribution in [-0.4, -0.2) is 107 Å². The fourth-order valence-electron chi connectivity index (χ4n) is 8.30. The van der Waals surface area contributed by atoms with E-state index in [1.807, 2.05) is 20.8 Å². The molecule has 8 atom stereocenters. The highest BCUT2D eigenvalue weighted by Gasteiger charge is 2.69. The van der Waals surface area contributed by atoms with E-state index < -0.39 is 71.1 Å². The molecule has 7 amide bonds. The zero-order chi connectivity index (χ0) is 39.7. The Bertz CT molecular complexity index is 1520. The first-order valence-corrected chi connectivity index (χ1v) is 20.0. The Kier molecular flexibility index (Phi) is 12.6. The summed E-state index contributed by atoms with van der Waals surface area (Å²) in [7, 11) is 0. The number of rotatable bonds is 7. The van der Waals surface area contributed by atoms with Gasteiger partial charge in [0.05, 0.1) is 18.2 Å². The van der Waals surface area contributed by atoms with Crippen LogP contribution >= 0.6 is 0 Å². The number of nitrogens with zero attached hydrogens (tertiary/aromatic N) is 2. The molecule has 0 radical (unpaired) electrons. The lowest BCUT2D eigenvalue weighted by Gasteiger charge is -2.37. The van der Waals surface area contributed by atoms with E-state index in [9.17, 15) is 33.6 Å². The number of carbonyl (C=O) groups is 7. The molecule has 0 aromatic rings. The monoisotopic (exact) mass is 754 g/mol. The molecule has 300 valence electrons. The Morgan fingerprint density at radius 1 is 0.944 bits per heavy atom. The van der Waals surface area contributed by atoms with Gasteiger partial charge in [-0.25, -0.2) is 4.79 Å². The smallest absolute Gasteiger partial charge is 0.315 e. The number of amides is 7. The molecule has 54 heavy (non-hydrogen) atoms. The number of fused-ring (bicyclic) bond motifs is 3. The zero-order valence-electron chi connectivity index (χ0n) is 33.3. The molecule has 3 heterocycles. The van der Waals surface area contributed by atoms with Crippen LogP contribution in [0.4, 0.5) is 4.79 Å². The van der Waals surface area contributed by atoms with Gasteiger partial charge in [-0.2, -0.15) is 0 Å². The van der Waals surface area contributed by atoms with Gasteiger partial charge in [-0.15, -0.1) is 0 Å². The van der Waals surface area contributed by atoms with Crippen molar-refractivity contribution in [3.05, 3.63) is 12.2 Å². The molecule has 2 saturated carbocycles. The van der Waals surface area contributed by atoms with Gasteiger partial charge in [0, 0.05) is 37.2 Å². The lowest BCUT2D eigenvalue weighted by atomic mass is 9.86.